The molecule has 17 heavy (non-hydrogen) atoms. The van der Waals surface area contributed by atoms with Crippen LogP contribution in [0.2, 0.25) is 0 Å². The van der Waals surface area contributed by atoms with Crippen LogP contribution < -0.4 is 4.74 Å². The van der Waals surface area contributed by atoms with Gasteiger partial charge in [-0.25, -0.2) is 4.39 Å². The van der Waals surface area contributed by atoms with Crippen molar-refractivity contribution in [2.45, 2.75) is 6.92 Å². The van der Waals surface area contributed by atoms with E-state index in [-0.39, 0.29) is 11.5 Å². The smallest absolute Gasteiger partial charge is 0.194 e. The molecule has 0 radical (unpaired) electrons. The number of furan rings is 1. The zero-order valence-corrected chi connectivity index (χ0v) is 9.49. The van der Waals surface area contributed by atoms with Crippen molar-refractivity contribution in [3.05, 3.63) is 41.9 Å². The topological polar surface area (TPSA) is 39.4 Å². The summed E-state index contributed by atoms with van der Waals surface area (Å²) in [5.74, 6) is 0.342. The first-order valence-electron chi connectivity index (χ1n) is 5.06. The Balaban J connectivity index is 2.42. The number of rotatable bonds is 3. The summed E-state index contributed by atoms with van der Waals surface area (Å²) in [5.41, 5.74) is 0.304. The number of carbonyl (C=O) groups excluding carboxylic acids is 1. The molecule has 2 aromatic rings. The molecule has 0 N–H and O–H groups in total. The van der Waals surface area contributed by atoms with Gasteiger partial charge in [-0.3, -0.25) is 4.79 Å². The molecular formula is C13H11FO3. The van der Waals surface area contributed by atoms with Crippen LogP contribution in [0.3, 0.4) is 0 Å². The molecule has 0 aliphatic heterocycles. The number of hydrogen-bond donors (Lipinski definition) is 0. The third-order valence-electron chi connectivity index (χ3n) is 2.39. The van der Waals surface area contributed by atoms with Crippen molar-refractivity contribution in [3.63, 3.8) is 0 Å². The van der Waals surface area contributed by atoms with Crippen molar-refractivity contribution in [2.75, 3.05) is 7.11 Å². The van der Waals surface area contributed by atoms with Crippen molar-refractivity contribution in [2.24, 2.45) is 0 Å². The Kier molecular flexibility index (Phi) is 2.95. The highest BCUT2D eigenvalue weighted by molar-refractivity contribution is 5.91. The number of carbonyl (C=O) groups is 1. The molecule has 0 spiro atoms. The lowest BCUT2D eigenvalue weighted by Crippen LogP contribution is -1.88. The molecule has 0 aliphatic rings. The number of benzene rings is 1. The highest BCUT2D eigenvalue weighted by atomic mass is 19.1. The molecule has 0 aliphatic carbocycles. The van der Waals surface area contributed by atoms with Crippen LogP contribution in [0.1, 0.15) is 17.5 Å². The highest BCUT2D eigenvalue weighted by Crippen LogP contribution is 2.27. The fraction of sp³-hybridized carbons (Fsp3) is 0.154. The van der Waals surface area contributed by atoms with Gasteiger partial charge >= 0.3 is 0 Å². The van der Waals surface area contributed by atoms with Crippen LogP contribution in [0.4, 0.5) is 4.39 Å². The van der Waals surface area contributed by atoms with E-state index >= 15 is 0 Å². The van der Waals surface area contributed by atoms with E-state index in [4.69, 9.17) is 9.15 Å². The Bertz CT molecular complexity index is 558. The third kappa shape index (κ3) is 2.20. The van der Waals surface area contributed by atoms with Crippen molar-refractivity contribution in [1.82, 2.24) is 0 Å². The van der Waals surface area contributed by atoms with Crippen LogP contribution >= 0.6 is 0 Å². The number of ketones is 1. The van der Waals surface area contributed by atoms with E-state index in [1.165, 1.54) is 26.2 Å². The molecule has 0 bridgehead atoms. The van der Waals surface area contributed by atoms with E-state index in [2.05, 4.69) is 0 Å². The van der Waals surface area contributed by atoms with Crippen molar-refractivity contribution in [3.8, 4) is 17.1 Å². The number of hydrogen-bond acceptors (Lipinski definition) is 3. The molecule has 0 unspecified atom stereocenters. The van der Waals surface area contributed by atoms with E-state index in [1.54, 1.807) is 18.2 Å². The van der Waals surface area contributed by atoms with Gasteiger partial charge in [-0.2, -0.15) is 0 Å². The lowest BCUT2D eigenvalue weighted by Gasteiger charge is -2.02. The minimum absolute atomic E-state index is 0.190. The maximum Gasteiger partial charge on any atom is 0.194 e. The van der Waals surface area contributed by atoms with E-state index in [0.29, 0.717) is 17.1 Å². The first-order valence-corrected chi connectivity index (χ1v) is 5.06. The van der Waals surface area contributed by atoms with Gasteiger partial charge in [-0.05, 0) is 24.3 Å². The number of halogens is 1. The number of Topliss-reactive ketones (excluding diaryl/α,β-unsaturated/α-hetero) is 1. The first kappa shape index (κ1) is 11.4. The zero-order valence-electron chi connectivity index (χ0n) is 9.49. The van der Waals surface area contributed by atoms with Gasteiger partial charge in [-0.1, -0.05) is 0 Å². The predicted octanol–water partition coefficient (Wildman–Crippen LogP) is 3.30. The van der Waals surface area contributed by atoms with E-state index in [1.807, 2.05) is 0 Å². The quantitative estimate of drug-likeness (QED) is 0.765. The van der Waals surface area contributed by atoms with Crippen molar-refractivity contribution < 1.29 is 18.3 Å². The minimum atomic E-state index is -0.450. The second-order valence-electron chi connectivity index (χ2n) is 3.57. The molecule has 0 amide bonds. The molecule has 88 valence electrons. The molecule has 0 saturated carbocycles. The maximum atomic E-state index is 13.7. The van der Waals surface area contributed by atoms with Gasteiger partial charge in [0.2, 0.25) is 0 Å². The van der Waals surface area contributed by atoms with Gasteiger partial charge in [0.1, 0.15) is 17.3 Å². The fourth-order valence-electron chi connectivity index (χ4n) is 1.49. The van der Waals surface area contributed by atoms with E-state index in [0.717, 1.165) is 0 Å². The molecular weight excluding hydrogens is 223 g/mol. The molecule has 0 saturated heterocycles. The van der Waals surface area contributed by atoms with Gasteiger partial charge < -0.3 is 9.15 Å². The van der Waals surface area contributed by atoms with Crippen molar-refractivity contribution >= 4 is 5.78 Å². The lowest BCUT2D eigenvalue weighted by molar-refractivity contribution is 0.0988. The molecule has 3 nitrogen and oxygen atoms in total. The molecule has 1 aromatic carbocycles. The van der Waals surface area contributed by atoms with E-state index in [9.17, 15) is 9.18 Å². The Labute approximate surface area is 97.8 Å². The van der Waals surface area contributed by atoms with Crippen LogP contribution in [0.25, 0.3) is 11.3 Å². The average molecular weight is 234 g/mol. The standard InChI is InChI=1S/C13H11FO3/c1-8(15)12-5-6-13(17-12)10-4-3-9(16-2)7-11(10)14/h3-7H,1-2H3. The molecule has 4 heteroatoms. The Morgan fingerprint density at radius 1 is 1.29 bits per heavy atom. The normalized spacial score (nSPS) is 10.3. The predicted molar refractivity (Wildman–Crippen MR) is 60.7 cm³/mol. The Morgan fingerprint density at radius 2 is 2.06 bits per heavy atom. The molecule has 1 heterocycles. The Morgan fingerprint density at radius 3 is 2.59 bits per heavy atom. The monoisotopic (exact) mass is 234 g/mol. The lowest BCUT2D eigenvalue weighted by atomic mass is 10.1. The second kappa shape index (κ2) is 4.41. The summed E-state index contributed by atoms with van der Waals surface area (Å²) in [6.07, 6.45) is 0. The molecule has 0 fully saturated rings. The first-order chi connectivity index (χ1) is 8.11. The molecule has 1 aromatic heterocycles. The summed E-state index contributed by atoms with van der Waals surface area (Å²) in [7, 11) is 1.47. The maximum absolute atomic E-state index is 13.7. The van der Waals surface area contributed by atoms with Crippen LogP contribution in [0.15, 0.2) is 34.7 Å². The van der Waals surface area contributed by atoms with Gasteiger partial charge in [0, 0.05) is 13.0 Å². The molecule has 2 rings (SSSR count). The molecule has 0 atom stereocenters. The SMILES string of the molecule is COc1ccc(-c2ccc(C(C)=O)o2)c(F)c1. The summed E-state index contributed by atoms with van der Waals surface area (Å²) in [6.45, 7) is 1.40. The fourth-order valence-corrected chi connectivity index (χ4v) is 1.49. The number of methoxy groups -OCH3 is 1. The van der Waals surface area contributed by atoms with E-state index < -0.39 is 5.82 Å². The van der Waals surface area contributed by atoms with Crippen LogP contribution in [-0.2, 0) is 0 Å². The second-order valence-corrected chi connectivity index (χ2v) is 3.57. The van der Waals surface area contributed by atoms with Gasteiger partial charge in [0.25, 0.3) is 0 Å². The van der Waals surface area contributed by atoms with Crippen LogP contribution in [-0.4, -0.2) is 12.9 Å². The van der Waals surface area contributed by atoms with Gasteiger partial charge in [0.05, 0.1) is 12.7 Å². The van der Waals surface area contributed by atoms with Crippen LogP contribution in [0.5, 0.6) is 5.75 Å². The minimum Gasteiger partial charge on any atom is -0.497 e. The van der Waals surface area contributed by atoms with Gasteiger partial charge in [0.15, 0.2) is 11.5 Å². The summed E-state index contributed by atoms with van der Waals surface area (Å²) >= 11 is 0. The number of ether oxygens (including phenoxy) is 1. The highest BCUT2D eigenvalue weighted by Gasteiger charge is 2.12. The third-order valence-corrected chi connectivity index (χ3v) is 2.39. The summed E-state index contributed by atoms with van der Waals surface area (Å²) in [5, 5.41) is 0. The summed E-state index contributed by atoms with van der Waals surface area (Å²) in [4.78, 5) is 11.1. The largest absolute Gasteiger partial charge is 0.497 e. The van der Waals surface area contributed by atoms with Gasteiger partial charge in [-0.15, -0.1) is 0 Å². The Hall–Kier alpha value is -2.10. The van der Waals surface area contributed by atoms with Crippen molar-refractivity contribution in [1.29, 1.82) is 0 Å². The van der Waals surface area contributed by atoms with Crippen LogP contribution in [0, 0.1) is 5.82 Å². The summed E-state index contributed by atoms with van der Waals surface area (Å²) in [6, 6.07) is 7.56. The summed E-state index contributed by atoms with van der Waals surface area (Å²) < 4.78 is 23.9. The zero-order chi connectivity index (χ0) is 12.4. The average Bonchev–Trinajstić information content (AvgIpc) is 2.78.